The number of carbonyl (C=O) groups is 1. The molecule has 3 atom stereocenters. The second-order valence-electron chi connectivity index (χ2n) is 5.39. The monoisotopic (exact) mass is 224 g/mol. The van der Waals surface area contributed by atoms with Crippen molar-refractivity contribution < 1.29 is 14.3 Å². The van der Waals surface area contributed by atoms with Crippen LogP contribution in [-0.2, 0) is 14.3 Å². The zero-order valence-electron chi connectivity index (χ0n) is 10.2. The van der Waals surface area contributed by atoms with Crippen molar-refractivity contribution >= 4 is 5.78 Å². The zero-order valence-corrected chi connectivity index (χ0v) is 10.2. The number of hydrogen-bond acceptors (Lipinski definition) is 3. The van der Waals surface area contributed by atoms with Gasteiger partial charge in [-0.3, -0.25) is 4.79 Å². The molecule has 2 aliphatic carbocycles. The summed E-state index contributed by atoms with van der Waals surface area (Å²) in [5, 5.41) is 0. The predicted molar refractivity (Wildman–Crippen MR) is 60.8 cm³/mol. The second kappa shape index (κ2) is 4.30. The molecule has 0 spiro atoms. The van der Waals surface area contributed by atoms with Crippen LogP contribution in [0, 0.1) is 23.2 Å². The highest BCUT2D eigenvalue weighted by atomic mass is 16.7. The summed E-state index contributed by atoms with van der Waals surface area (Å²) in [6, 6.07) is 0. The number of fused-ring (bicyclic) bond motifs is 1. The van der Waals surface area contributed by atoms with Gasteiger partial charge in [0.25, 0.3) is 0 Å². The van der Waals surface area contributed by atoms with Crippen molar-refractivity contribution in [1.82, 2.24) is 0 Å². The van der Waals surface area contributed by atoms with Crippen molar-refractivity contribution in [3.63, 3.8) is 0 Å². The van der Waals surface area contributed by atoms with Crippen LogP contribution in [0.1, 0.15) is 20.3 Å². The fraction of sp³-hybridized carbons (Fsp3) is 0.769. The Hall–Kier alpha value is -0.670. The molecule has 0 bridgehead atoms. The minimum Gasteiger partial charge on any atom is -0.359 e. The molecule has 16 heavy (non-hydrogen) atoms. The number of ether oxygens (including phenoxy) is 2. The molecule has 0 N–H and O–H groups in total. The Morgan fingerprint density at radius 3 is 2.88 bits per heavy atom. The maximum atomic E-state index is 12.0. The third-order valence-corrected chi connectivity index (χ3v) is 4.02. The minimum atomic E-state index is -0.0706. The Bertz CT molecular complexity index is 306. The topological polar surface area (TPSA) is 35.5 Å². The first-order valence-electron chi connectivity index (χ1n) is 5.85. The van der Waals surface area contributed by atoms with Gasteiger partial charge in [0.05, 0.1) is 12.5 Å². The van der Waals surface area contributed by atoms with Crippen LogP contribution in [0.25, 0.3) is 0 Å². The average Bonchev–Trinajstić information content (AvgIpc) is 2.79. The number of methoxy groups -OCH3 is 1. The van der Waals surface area contributed by atoms with Gasteiger partial charge >= 0.3 is 0 Å². The number of ketones is 1. The number of rotatable bonds is 4. The van der Waals surface area contributed by atoms with Gasteiger partial charge in [0.2, 0.25) is 0 Å². The first kappa shape index (κ1) is 11.8. The van der Waals surface area contributed by atoms with Gasteiger partial charge in [-0.2, -0.15) is 0 Å². The van der Waals surface area contributed by atoms with E-state index in [1.807, 2.05) is 6.08 Å². The van der Waals surface area contributed by atoms with Crippen molar-refractivity contribution in [2.24, 2.45) is 23.2 Å². The fourth-order valence-electron chi connectivity index (χ4n) is 2.69. The van der Waals surface area contributed by atoms with Gasteiger partial charge in [-0.15, -0.1) is 0 Å². The number of allylic oxidation sites excluding steroid dienone is 1. The van der Waals surface area contributed by atoms with Crippen LogP contribution >= 0.6 is 0 Å². The molecule has 0 aliphatic heterocycles. The van der Waals surface area contributed by atoms with Gasteiger partial charge in [-0.1, -0.05) is 26.0 Å². The molecule has 0 unspecified atom stereocenters. The lowest BCUT2D eigenvalue weighted by Crippen LogP contribution is -2.19. The Labute approximate surface area is 96.8 Å². The van der Waals surface area contributed by atoms with Crippen molar-refractivity contribution in [1.29, 1.82) is 0 Å². The summed E-state index contributed by atoms with van der Waals surface area (Å²) >= 11 is 0. The first-order chi connectivity index (χ1) is 7.57. The molecule has 1 fully saturated rings. The molecule has 2 rings (SSSR count). The molecule has 3 heteroatoms. The normalized spacial score (nSPS) is 35.7. The summed E-state index contributed by atoms with van der Waals surface area (Å²) in [6.07, 6.45) is 4.93. The van der Waals surface area contributed by atoms with E-state index in [-0.39, 0.29) is 12.7 Å². The number of carbonyl (C=O) groups excluding carboxylic acids is 1. The van der Waals surface area contributed by atoms with Crippen molar-refractivity contribution in [3.05, 3.63) is 12.2 Å². The summed E-state index contributed by atoms with van der Waals surface area (Å²) in [5.74, 6) is 1.37. The predicted octanol–water partition coefficient (Wildman–Crippen LogP) is 2.02. The van der Waals surface area contributed by atoms with E-state index in [2.05, 4.69) is 19.9 Å². The van der Waals surface area contributed by atoms with Crippen molar-refractivity contribution in [3.8, 4) is 0 Å². The van der Waals surface area contributed by atoms with Gasteiger partial charge in [-0.05, 0) is 17.3 Å². The third-order valence-electron chi connectivity index (χ3n) is 4.02. The SMILES string of the molecule is COCOC[C@H]1C=C[C@H]2[C@@H](CC1=O)C2(C)C. The average molecular weight is 224 g/mol. The molecule has 0 amide bonds. The van der Waals surface area contributed by atoms with Crippen LogP contribution < -0.4 is 0 Å². The molecule has 0 radical (unpaired) electrons. The maximum absolute atomic E-state index is 12.0. The van der Waals surface area contributed by atoms with E-state index in [0.717, 1.165) is 0 Å². The lowest BCUT2D eigenvalue weighted by Gasteiger charge is -2.12. The summed E-state index contributed by atoms with van der Waals surface area (Å²) in [4.78, 5) is 12.0. The summed E-state index contributed by atoms with van der Waals surface area (Å²) < 4.78 is 10.1. The van der Waals surface area contributed by atoms with Crippen LogP contribution in [0.15, 0.2) is 12.2 Å². The quantitative estimate of drug-likeness (QED) is 0.416. The second-order valence-corrected chi connectivity index (χ2v) is 5.39. The number of hydrogen-bond donors (Lipinski definition) is 0. The van der Waals surface area contributed by atoms with E-state index in [4.69, 9.17) is 9.47 Å². The van der Waals surface area contributed by atoms with E-state index in [0.29, 0.717) is 36.1 Å². The van der Waals surface area contributed by atoms with Crippen LogP contribution in [0.4, 0.5) is 0 Å². The van der Waals surface area contributed by atoms with E-state index >= 15 is 0 Å². The van der Waals surface area contributed by atoms with E-state index in [1.165, 1.54) is 0 Å². The highest BCUT2D eigenvalue weighted by molar-refractivity contribution is 5.84. The molecule has 0 aromatic heterocycles. The number of Topliss-reactive ketones (excluding diaryl/α,β-unsaturated/α-hetero) is 1. The summed E-state index contributed by atoms with van der Waals surface area (Å²) in [6.45, 7) is 5.18. The lowest BCUT2D eigenvalue weighted by atomic mass is 9.97. The molecule has 0 aromatic rings. The fourth-order valence-corrected chi connectivity index (χ4v) is 2.69. The van der Waals surface area contributed by atoms with Crippen LogP contribution in [-0.4, -0.2) is 26.3 Å². The van der Waals surface area contributed by atoms with E-state index < -0.39 is 0 Å². The highest BCUT2D eigenvalue weighted by Crippen LogP contribution is 2.61. The van der Waals surface area contributed by atoms with Gasteiger partial charge in [-0.25, -0.2) is 0 Å². The smallest absolute Gasteiger partial charge is 0.146 e. The van der Waals surface area contributed by atoms with Gasteiger partial charge in [0.15, 0.2) is 0 Å². The Morgan fingerprint density at radius 2 is 2.19 bits per heavy atom. The molecular formula is C13H20O3. The molecule has 1 saturated carbocycles. The molecular weight excluding hydrogens is 204 g/mol. The standard InChI is InChI=1S/C13H20O3/c1-13(2)10-5-4-9(7-16-8-15-3)12(14)6-11(10)13/h4-5,9-11H,6-8H2,1-3H3/t9-,10+,11-/m1/s1. The first-order valence-corrected chi connectivity index (χ1v) is 5.85. The maximum Gasteiger partial charge on any atom is 0.146 e. The molecule has 90 valence electrons. The van der Waals surface area contributed by atoms with Crippen molar-refractivity contribution in [2.75, 3.05) is 20.5 Å². The Morgan fingerprint density at radius 1 is 1.44 bits per heavy atom. The molecule has 0 aromatic carbocycles. The zero-order chi connectivity index (χ0) is 11.8. The molecule has 0 heterocycles. The van der Waals surface area contributed by atoms with E-state index in [9.17, 15) is 4.79 Å². The van der Waals surface area contributed by atoms with Crippen LogP contribution in [0.2, 0.25) is 0 Å². The van der Waals surface area contributed by atoms with Gasteiger partial charge in [0, 0.05) is 13.5 Å². The molecule has 2 aliphatic rings. The van der Waals surface area contributed by atoms with Gasteiger partial charge in [0.1, 0.15) is 12.6 Å². The molecule has 3 nitrogen and oxygen atoms in total. The Kier molecular flexibility index (Phi) is 3.17. The lowest BCUT2D eigenvalue weighted by molar-refractivity contribution is -0.125. The Balaban J connectivity index is 1.92. The largest absolute Gasteiger partial charge is 0.359 e. The summed E-state index contributed by atoms with van der Waals surface area (Å²) in [5.41, 5.74) is 0.324. The van der Waals surface area contributed by atoms with Crippen LogP contribution in [0.3, 0.4) is 0 Å². The molecule has 0 saturated heterocycles. The van der Waals surface area contributed by atoms with Crippen LogP contribution in [0.5, 0.6) is 0 Å². The summed E-state index contributed by atoms with van der Waals surface area (Å²) in [7, 11) is 1.59. The van der Waals surface area contributed by atoms with E-state index in [1.54, 1.807) is 7.11 Å². The van der Waals surface area contributed by atoms with Crippen molar-refractivity contribution in [2.45, 2.75) is 20.3 Å². The van der Waals surface area contributed by atoms with Gasteiger partial charge < -0.3 is 9.47 Å². The highest BCUT2D eigenvalue weighted by Gasteiger charge is 2.57. The minimum absolute atomic E-state index is 0.0706. The third kappa shape index (κ3) is 2.06.